The topological polar surface area (TPSA) is 110 Å². The highest BCUT2D eigenvalue weighted by Crippen LogP contribution is 2.19. The lowest BCUT2D eigenvalue weighted by Crippen LogP contribution is -2.34. The maximum Gasteiger partial charge on any atom is 0.240 e. The minimum Gasteiger partial charge on any atom is -0.409 e. The van der Waals surface area contributed by atoms with Gasteiger partial charge in [0.1, 0.15) is 5.84 Å². The molecular formula is C10H19N5O2. The van der Waals surface area contributed by atoms with E-state index in [-0.39, 0.29) is 11.3 Å². The molecule has 0 unspecified atom stereocenters. The number of hydrogen-bond donors (Lipinski definition) is 3. The average molecular weight is 241 g/mol. The fourth-order valence-electron chi connectivity index (χ4n) is 1.27. The Bertz CT molecular complexity index is 386. The number of aromatic nitrogens is 2. The fraction of sp³-hybridized carbons (Fsp3) is 0.700. The lowest BCUT2D eigenvalue weighted by molar-refractivity contribution is 0.304. The number of hydrogen-bond acceptors (Lipinski definition) is 6. The smallest absolute Gasteiger partial charge is 0.240 e. The van der Waals surface area contributed by atoms with E-state index < -0.39 is 0 Å². The highest BCUT2D eigenvalue weighted by Gasteiger charge is 2.22. The predicted octanol–water partition coefficient (Wildman–Crippen LogP) is 0.630. The summed E-state index contributed by atoms with van der Waals surface area (Å²) in [6.45, 7) is 6.84. The zero-order valence-corrected chi connectivity index (χ0v) is 10.4. The van der Waals surface area contributed by atoms with Crippen molar-refractivity contribution in [3.8, 4) is 0 Å². The van der Waals surface area contributed by atoms with E-state index in [0.717, 1.165) is 6.42 Å². The van der Waals surface area contributed by atoms with E-state index in [2.05, 4.69) is 20.6 Å². The summed E-state index contributed by atoms with van der Waals surface area (Å²) in [5.41, 5.74) is 5.24. The molecule has 0 fully saturated rings. The van der Waals surface area contributed by atoms with Crippen LogP contribution >= 0.6 is 0 Å². The second-order valence-corrected chi connectivity index (χ2v) is 4.53. The van der Waals surface area contributed by atoms with Crippen LogP contribution in [0.5, 0.6) is 0 Å². The summed E-state index contributed by atoms with van der Waals surface area (Å²) in [5.74, 6) is 1.41. The first kappa shape index (κ1) is 13.4. The molecule has 0 bridgehead atoms. The lowest BCUT2D eigenvalue weighted by Gasteiger charge is -2.22. The largest absolute Gasteiger partial charge is 0.409 e. The Morgan fingerprint density at radius 1 is 1.59 bits per heavy atom. The molecule has 1 aromatic rings. The highest BCUT2D eigenvalue weighted by atomic mass is 16.5. The van der Waals surface area contributed by atoms with Crippen molar-refractivity contribution < 1.29 is 9.73 Å². The molecular weight excluding hydrogens is 222 g/mol. The van der Waals surface area contributed by atoms with Crippen LogP contribution in [0.2, 0.25) is 0 Å². The van der Waals surface area contributed by atoms with Crippen molar-refractivity contribution in [2.75, 3.05) is 6.54 Å². The van der Waals surface area contributed by atoms with E-state index in [1.807, 2.05) is 13.8 Å². The summed E-state index contributed by atoms with van der Waals surface area (Å²) >= 11 is 0. The molecule has 0 saturated carbocycles. The van der Waals surface area contributed by atoms with Crippen molar-refractivity contribution in [1.82, 2.24) is 15.5 Å². The number of nitrogens with two attached hydrogens (primary N) is 1. The molecule has 0 amide bonds. The summed E-state index contributed by atoms with van der Waals surface area (Å²) in [6.07, 6.45) is 0.746. The molecule has 4 N–H and O–H groups in total. The first-order chi connectivity index (χ1) is 7.95. The van der Waals surface area contributed by atoms with Crippen molar-refractivity contribution in [3.63, 3.8) is 0 Å². The third-order valence-corrected chi connectivity index (χ3v) is 2.57. The van der Waals surface area contributed by atoms with Crippen LogP contribution in [-0.4, -0.2) is 27.7 Å². The summed E-state index contributed by atoms with van der Waals surface area (Å²) in [4.78, 5) is 4.07. The van der Waals surface area contributed by atoms with E-state index in [4.69, 9.17) is 15.5 Å². The molecule has 1 heterocycles. The maximum absolute atomic E-state index is 8.62. The van der Waals surface area contributed by atoms with Gasteiger partial charge in [-0.05, 0) is 19.9 Å². The van der Waals surface area contributed by atoms with Gasteiger partial charge in [-0.25, -0.2) is 0 Å². The number of nitrogens with zero attached hydrogens (tertiary/aromatic N) is 3. The van der Waals surface area contributed by atoms with Crippen molar-refractivity contribution in [1.29, 1.82) is 0 Å². The Labute approximate surface area is 100 Å². The Morgan fingerprint density at radius 3 is 2.82 bits per heavy atom. The minimum absolute atomic E-state index is 0.230. The SMILES string of the molecule is Cc1noc(CNCCC(C)(C)C(N)=NO)n1. The van der Waals surface area contributed by atoms with E-state index in [1.54, 1.807) is 6.92 Å². The summed E-state index contributed by atoms with van der Waals surface area (Å²) in [6, 6.07) is 0. The summed E-state index contributed by atoms with van der Waals surface area (Å²) in [7, 11) is 0. The van der Waals surface area contributed by atoms with Gasteiger partial charge in [0.2, 0.25) is 5.89 Å². The van der Waals surface area contributed by atoms with Gasteiger partial charge >= 0.3 is 0 Å². The molecule has 1 rings (SSSR count). The first-order valence-electron chi connectivity index (χ1n) is 5.43. The third-order valence-electron chi connectivity index (χ3n) is 2.57. The van der Waals surface area contributed by atoms with Crippen LogP contribution in [-0.2, 0) is 6.54 Å². The monoisotopic (exact) mass is 241 g/mol. The molecule has 17 heavy (non-hydrogen) atoms. The van der Waals surface area contributed by atoms with Crippen molar-refractivity contribution in [2.24, 2.45) is 16.3 Å². The molecule has 7 heteroatoms. The van der Waals surface area contributed by atoms with Crippen LogP contribution in [0, 0.1) is 12.3 Å². The minimum atomic E-state index is -0.341. The van der Waals surface area contributed by atoms with Crippen LogP contribution in [0.4, 0.5) is 0 Å². The quantitative estimate of drug-likeness (QED) is 0.221. The van der Waals surface area contributed by atoms with E-state index in [1.165, 1.54) is 0 Å². The van der Waals surface area contributed by atoms with Gasteiger partial charge < -0.3 is 20.8 Å². The van der Waals surface area contributed by atoms with Crippen LogP contribution in [0.1, 0.15) is 32.0 Å². The van der Waals surface area contributed by atoms with Crippen LogP contribution < -0.4 is 11.1 Å². The standard InChI is InChI=1S/C10H19N5O2/c1-7-13-8(17-15-7)6-12-5-4-10(2,3)9(11)14-16/h12,16H,4-6H2,1-3H3,(H2,11,14). The highest BCUT2D eigenvalue weighted by molar-refractivity contribution is 5.85. The van der Waals surface area contributed by atoms with Gasteiger partial charge in [-0.15, -0.1) is 0 Å². The number of nitrogens with one attached hydrogen (secondary N) is 1. The molecule has 0 aliphatic carbocycles. The van der Waals surface area contributed by atoms with Gasteiger partial charge in [-0.2, -0.15) is 4.98 Å². The number of oxime groups is 1. The molecule has 0 aromatic carbocycles. The Balaban J connectivity index is 2.29. The van der Waals surface area contributed by atoms with E-state index in [0.29, 0.717) is 24.8 Å². The average Bonchev–Trinajstić information content (AvgIpc) is 2.69. The fourth-order valence-corrected chi connectivity index (χ4v) is 1.27. The van der Waals surface area contributed by atoms with Crippen molar-refractivity contribution in [3.05, 3.63) is 11.7 Å². The van der Waals surface area contributed by atoms with Gasteiger partial charge in [0.15, 0.2) is 5.82 Å². The number of aryl methyl sites for hydroxylation is 1. The molecule has 0 spiro atoms. The van der Waals surface area contributed by atoms with Gasteiger partial charge in [-0.1, -0.05) is 24.2 Å². The van der Waals surface area contributed by atoms with Gasteiger partial charge in [0.05, 0.1) is 6.54 Å². The van der Waals surface area contributed by atoms with Crippen molar-refractivity contribution >= 4 is 5.84 Å². The lowest BCUT2D eigenvalue weighted by atomic mass is 9.88. The molecule has 0 atom stereocenters. The number of rotatable bonds is 6. The normalized spacial score (nSPS) is 13.0. The Kier molecular flexibility index (Phi) is 4.45. The molecule has 0 radical (unpaired) electrons. The zero-order valence-electron chi connectivity index (χ0n) is 10.4. The third kappa shape index (κ3) is 4.03. The maximum atomic E-state index is 8.62. The van der Waals surface area contributed by atoms with Gasteiger partial charge in [0.25, 0.3) is 0 Å². The first-order valence-corrected chi connectivity index (χ1v) is 5.43. The van der Waals surface area contributed by atoms with Gasteiger partial charge in [-0.3, -0.25) is 0 Å². The molecule has 0 aliphatic heterocycles. The Hall–Kier alpha value is -1.63. The van der Waals surface area contributed by atoms with E-state index in [9.17, 15) is 0 Å². The van der Waals surface area contributed by atoms with E-state index >= 15 is 0 Å². The Morgan fingerprint density at radius 2 is 2.29 bits per heavy atom. The van der Waals surface area contributed by atoms with Gasteiger partial charge in [0, 0.05) is 5.41 Å². The molecule has 7 nitrogen and oxygen atoms in total. The summed E-state index contributed by atoms with van der Waals surface area (Å²) < 4.78 is 4.95. The molecule has 0 aliphatic rings. The summed E-state index contributed by atoms with van der Waals surface area (Å²) in [5, 5.41) is 18.5. The van der Waals surface area contributed by atoms with Crippen LogP contribution in [0.15, 0.2) is 9.68 Å². The predicted molar refractivity (Wildman–Crippen MR) is 62.5 cm³/mol. The van der Waals surface area contributed by atoms with Crippen LogP contribution in [0.25, 0.3) is 0 Å². The van der Waals surface area contributed by atoms with Crippen LogP contribution in [0.3, 0.4) is 0 Å². The zero-order chi connectivity index (χ0) is 12.9. The molecule has 1 aromatic heterocycles. The number of amidine groups is 1. The molecule has 0 saturated heterocycles. The molecule has 96 valence electrons. The second kappa shape index (κ2) is 5.62. The second-order valence-electron chi connectivity index (χ2n) is 4.53. The van der Waals surface area contributed by atoms with Crippen molar-refractivity contribution in [2.45, 2.75) is 33.7 Å².